The number of rotatable bonds is 3. The predicted octanol–water partition coefficient (Wildman–Crippen LogP) is 1.28. The Morgan fingerprint density at radius 3 is 2.45 bits per heavy atom. The molecule has 0 atom stereocenters. The zero-order valence-electron chi connectivity index (χ0n) is 13.0. The Bertz CT molecular complexity index is 492. The summed E-state index contributed by atoms with van der Waals surface area (Å²) in [5.41, 5.74) is 6.75. The molecule has 1 amide bonds. The van der Waals surface area contributed by atoms with Gasteiger partial charge in [0, 0.05) is 38.0 Å². The van der Waals surface area contributed by atoms with Crippen LogP contribution in [0.5, 0.6) is 0 Å². The molecule has 0 aliphatic carbocycles. The van der Waals surface area contributed by atoms with Gasteiger partial charge in [-0.2, -0.15) is 0 Å². The average Bonchev–Trinajstić information content (AvgIpc) is 2.57. The summed E-state index contributed by atoms with van der Waals surface area (Å²) < 4.78 is 5.30. The van der Waals surface area contributed by atoms with E-state index < -0.39 is 5.54 Å². The Morgan fingerprint density at radius 1 is 1.18 bits per heavy atom. The maximum absolute atomic E-state index is 12.4. The van der Waals surface area contributed by atoms with Gasteiger partial charge >= 0.3 is 0 Å². The van der Waals surface area contributed by atoms with Gasteiger partial charge in [-0.25, -0.2) is 0 Å². The van der Waals surface area contributed by atoms with Gasteiger partial charge < -0.3 is 20.7 Å². The van der Waals surface area contributed by atoms with Gasteiger partial charge in [0.1, 0.15) is 0 Å². The lowest BCUT2D eigenvalue weighted by Crippen LogP contribution is -2.59. The summed E-state index contributed by atoms with van der Waals surface area (Å²) in [5.74, 6) is -0.00559. The highest BCUT2D eigenvalue weighted by Crippen LogP contribution is 2.21. The number of nitrogens with one attached hydrogen (secondary N) is 1. The largest absolute Gasteiger partial charge is 0.381 e. The summed E-state index contributed by atoms with van der Waals surface area (Å²) in [6.07, 6.45) is 3.16. The van der Waals surface area contributed by atoms with E-state index in [1.807, 2.05) is 6.07 Å². The molecule has 0 spiro atoms. The molecule has 0 unspecified atom stereocenters. The summed E-state index contributed by atoms with van der Waals surface area (Å²) in [7, 11) is 0. The van der Waals surface area contributed by atoms with E-state index in [9.17, 15) is 4.79 Å². The molecule has 0 radical (unpaired) electrons. The molecule has 0 saturated carbocycles. The van der Waals surface area contributed by atoms with Crippen molar-refractivity contribution in [1.82, 2.24) is 5.32 Å². The number of anilines is 1. The number of ether oxygens (including phenoxy) is 1. The van der Waals surface area contributed by atoms with Crippen LogP contribution in [0.1, 0.15) is 25.7 Å². The number of piperidine rings is 1. The summed E-state index contributed by atoms with van der Waals surface area (Å²) >= 11 is 0. The highest BCUT2D eigenvalue weighted by molar-refractivity contribution is 5.86. The number of hydrogen-bond acceptors (Lipinski definition) is 4. The molecule has 0 aromatic heterocycles. The molecule has 3 N–H and O–H groups in total. The lowest BCUT2D eigenvalue weighted by atomic mass is 9.89. The van der Waals surface area contributed by atoms with Gasteiger partial charge in [-0.05, 0) is 37.8 Å². The summed E-state index contributed by atoms with van der Waals surface area (Å²) in [6.45, 7) is 3.10. The van der Waals surface area contributed by atoms with E-state index in [1.165, 1.54) is 5.69 Å². The molecule has 22 heavy (non-hydrogen) atoms. The molecule has 0 bridgehead atoms. The highest BCUT2D eigenvalue weighted by Gasteiger charge is 2.37. The predicted molar refractivity (Wildman–Crippen MR) is 86.8 cm³/mol. The lowest BCUT2D eigenvalue weighted by Gasteiger charge is -2.37. The number of nitrogens with zero attached hydrogens (tertiary/aromatic N) is 1. The van der Waals surface area contributed by atoms with E-state index in [2.05, 4.69) is 34.5 Å². The third-order valence-corrected chi connectivity index (χ3v) is 4.79. The zero-order chi connectivity index (χ0) is 15.4. The van der Waals surface area contributed by atoms with Crippen LogP contribution in [-0.2, 0) is 9.53 Å². The minimum atomic E-state index is -0.741. The molecule has 120 valence electrons. The summed E-state index contributed by atoms with van der Waals surface area (Å²) in [6, 6.07) is 10.7. The van der Waals surface area contributed by atoms with Crippen molar-refractivity contribution in [3.8, 4) is 0 Å². The summed E-state index contributed by atoms with van der Waals surface area (Å²) in [5, 5.41) is 3.15. The third-order valence-electron chi connectivity index (χ3n) is 4.79. The van der Waals surface area contributed by atoms with Gasteiger partial charge in [0.05, 0.1) is 5.54 Å². The number of carbonyl (C=O) groups is 1. The quantitative estimate of drug-likeness (QED) is 0.883. The molecule has 3 rings (SSSR count). The number of amides is 1. The van der Waals surface area contributed by atoms with Gasteiger partial charge in [-0.3, -0.25) is 4.79 Å². The Morgan fingerprint density at radius 2 is 1.82 bits per heavy atom. The average molecular weight is 303 g/mol. The number of carbonyl (C=O) groups excluding carboxylic acids is 1. The minimum Gasteiger partial charge on any atom is -0.381 e. The molecule has 2 aliphatic heterocycles. The molecule has 1 aromatic rings. The fourth-order valence-electron chi connectivity index (χ4n) is 3.21. The van der Waals surface area contributed by atoms with Crippen LogP contribution in [0.4, 0.5) is 5.69 Å². The minimum absolute atomic E-state index is 0.00559. The van der Waals surface area contributed by atoms with Gasteiger partial charge in [0.2, 0.25) is 5.91 Å². The fourth-order valence-corrected chi connectivity index (χ4v) is 3.21. The van der Waals surface area contributed by atoms with Crippen molar-refractivity contribution >= 4 is 11.6 Å². The SMILES string of the molecule is NC1(C(=O)NC2CCN(c3ccccc3)CC2)CCOCC1. The van der Waals surface area contributed by atoms with E-state index in [0.29, 0.717) is 26.1 Å². The molecular weight excluding hydrogens is 278 g/mol. The Kier molecular flexibility index (Phi) is 4.64. The van der Waals surface area contributed by atoms with E-state index in [1.54, 1.807) is 0 Å². The third kappa shape index (κ3) is 3.42. The second-order valence-electron chi connectivity index (χ2n) is 6.34. The van der Waals surface area contributed by atoms with Crippen molar-refractivity contribution in [3.63, 3.8) is 0 Å². The molecule has 5 nitrogen and oxygen atoms in total. The maximum atomic E-state index is 12.4. The molecular formula is C17H25N3O2. The first kappa shape index (κ1) is 15.3. The van der Waals surface area contributed by atoms with Crippen molar-refractivity contribution in [3.05, 3.63) is 30.3 Å². The van der Waals surface area contributed by atoms with Gasteiger partial charge in [0.25, 0.3) is 0 Å². The maximum Gasteiger partial charge on any atom is 0.240 e. The number of nitrogens with two attached hydrogens (primary N) is 1. The van der Waals surface area contributed by atoms with Crippen LogP contribution in [0, 0.1) is 0 Å². The number of benzene rings is 1. The standard InChI is InChI=1S/C17H25N3O2/c18-17(8-12-22-13-9-17)16(21)19-14-6-10-20(11-7-14)15-4-2-1-3-5-15/h1-5,14H,6-13,18H2,(H,19,21). The lowest BCUT2D eigenvalue weighted by molar-refractivity contribution is -0.130. The molecule has 5 heteroatoms. The molecule has 2 saturated heterocycles. The van der Waals surface area contributed by atoms with Crippen LogP contribution in [0.2, 0.25) is 0 Å². The summed E-state index contributed by atoms with van der Waals surface area (Å²) in [4.78, 5) is 14.8. The first-order chi connectivity index (χ1) is 10.7. The smallest absolute Gasteiger partial charge is 0.240 e. The highest BCUT2D eigenvalue weighted by atomic mass is 16.5. The Labute approximate surface area is 131 Å². The zero-order valence-corrected chi connectivity index (χ0v) is 13.0. The first-order valence-electron chi connectivity index (χ1n) is 8.15. The van der Waals surface area contributed by atoms with Crippen molar-refractivity contribution in [2.75, 3.05) is 31.2 Å². The van der Waals surface area contributed by atoms with Crippen LogP contribution in [-0.4, -0.2) is 43.8 Å². The van der Waals surface area contributed by atoms with Crippen LogP contribution < -0.4 is 16.0 Å². The molecule has 1 aromatic carbocycles. The van der Waals surface area contributed by atoms with E-state index in [0.717, 1.165) is 25.9 Å². The van der Waals surface area contributed by atoms with E-state index in [4.69, 9.17) is 10.5 Å². The van der Waals surface area contributed by atoms with Crippen LogP contribution in [0.3, 0.4) is 0 Å². The van der Waals surface area contributed by atoms with Gasteiger partial charge in [-0.15, -0.1) is 0 Å². The second-order valence-corrected chi connectivity index (χ2v) is 6.34. The van der Waals surface area contributed by atoms with Crippen molar-refractivity contribution in [2.45, 2.75) is 37.3 Å². The number of hydrogen-bond donors (Lipinski definition) is 2. The Balaban J connectivity index is 1.50. The van der Waals surface area contributed by atoms with Crippen LogP contribution in [0.15, 0.2) is 30.3 Å². The fraction of sp³-hybridized carbons (Fsp3) is 0.588. The Hall–Kier alpha value is -1.59. The van der Waals surface area contributed by atoms with Gasteiger partial charge in [-0.1, -0.05) is 18.2 Å². The van der Waals surface area contributed by atoms with Crippen molar-refractivity contribution in [1.29, 1.82) is 0 Å². The number of para-hydroxylation sites is 1. The molecule has 2 heterocycles. The normalized spacial score (nSPS) is 22.3. The second kappa shape index (κ2) is 6.67. The molecule has 2 aliphatic rings. The van der Waals surface area contributed by atoms with Crippen molar-refractivity contribution < 1.29 is 9.53 Å². The molecule has 2 fully saturated rings. The monoisotopic (exact) mass is 303 g/mol. The van der Waals surface area contributed by atoms with E-state index in [-0.39, 0.29) is 11.9 Å². The van der Waals surface area contributed by atoms with Crippen LogP contribution >= 0.6 is 0 Å². The first-order valence-corrected chi connectivity index (χ1v) is 8.15. The van der Waals surface area contributed by atoms with Crippen LogP contribution in [0.25, 0.3) is 0 Å². The topological polar surface area (TPSA) is 67.6 Å². The van der Waals surface area contributed by atoms with Crippen molar-refractivity contribution in [2.24, 2.45) is 5.73 Å². The van der Waals surface area contributed by atoms with E-state index >= 15 is 0 Å². The van der Waals surface area contributed by atoms with Gasteiger partial charge in [0.15, 0.2) is 0 Å².